The van der Waals surface area contributed by atoms with Gasteiger partial charge >= 0.3 is 5.97 Å². The second kappa shape index (κ2) is 5.33. The SMILES string of the molecule is O=C(O)C1COCCN1C(=O)C1Cc2cc(F)ccc2O1. The molecule has 21 heavy (non-hydrogen) atoms. The molecule has 6 nitrogen and oxygen atoms in total. The van der Waals surface area contributed by atoms with E-state index in [0.29, 0.717) is 17.9 Å². The number of amides is 1. The van der Waals surface area contributed by atoms with Gasteiger partial charge in [-0.25, -0.2) is 9.18 Å². The van der Waals surface area contributed by atoms with E-state index in [0.717, 1.165) is 0 Å². The molecule has 0 radical (unpaired) electrons. The maximum absolute atomic E-state index is 13.2. The molecule has 1 aromatic carbocycles. The van der Waals surface area contributed by atoms with Crippen molar-refractivity contribution >= 4 is 11.9 Å². The molecule has 112 valence electrons. The van der Waals surface area contributed by atoms with Gasteiger partial charge in [0.05, 0.1) is 13.2 Å². The Hall–Kier alpha value is -2.15. The zero-order chi connectivity index (χ0) is 15.0. The summed E-state index contributed by atoms with van der Waals surface area (Å²) >= 11 is 0. The Kier molecular flexibility index (Phi) is 3.50. The monoisotopic (exact) mass is 295 g/mol. The topological polar surface area (TPSA) is 76.1 Å². The van der Waals surface area contributed by atoms with Gasteiger partial charge < -0.3 is 19.5 Å². The van der Waals surface area contributed by atoms with Crippen LogP contribution in [0.2, 0.25) is 0 Å². The number of ether oxygens (including phenoxy) is 2. The van der Waals surface area contributed by atoms with Crippen LogP contribution in [0.3, 0.4) is 0 Å². The predicted octanol–water partition coefficient (Wildman–Crippen LogP) is 0.441. The number of nitrogens with zero attached hydrogens (tertiary/aromatic N) is 1. The summed E-state index contributed by atoms with van der Waals surface area (Å²) in [6.07, 6.45) is -0.558. The van der Waals surface area contributed by atoms with E-state index in [-0.39, 0.29) is 25.4 Å². The van der Waals surface area contributed by atoms with Crippen LogP contribution in [0.4, 0.5) is 4.39 Å². The summed E-state index contributed by atoms with van der Waals surface area (Å²) in [5, 5.41) is 9.15. The molecule has 7 heteroatoms. The van der Waals surface area contributed by atoms with Crippen LogP contribution in [-0.2, 0) is 20.7 Å². The summed E-state index contributed by atoms with van der Waals surface area (Å²) in [6, 6.07) is 3.07. The van der Waals surface area contributed by atoms with E-state index >= 15 is 0 Å². The van der Waals surface area contributed by atoms with Crippen molar-refractivity contribution in [2.75, 3.05) is 19.8 Å². The quantitative estimate of drug-likeness (QED) is 0.857. The third-order valence-corrected chi connectivity index (χ3v) is 3.67. The number of hydrogen-bond acceptors (Lipinski definition) is 4. The molecule has 2 heterocycles. The first-order valence-corrected chi connectivity index (χ1v) is 6.62. The molecular weight excluding hydrogens is 281 g/mol. The molecule has 2 atom stereocenters. The van der Waals surface area contributed by atoms with Crippen LogP contribution in [-0.4, -0.2) is 53.8 Å². The highest BCUT2D eigenvalue weighted by atomic mass is 19.1. The number of aliphatic carboxylic acids is 1. The Morgan fingerprint density at radius 3 is 2.95 bits per heavy atom. The lowest BCUT2D eigenvalue weighted by molar-refractivity contribution is -0.161. The highest BCUT2D eigenvalue weighted by Crippen LogP contribution is 2.30. The van der Waals surface area contributed by atoms with Gasteiger partial charge in [-0.1, -0.05) is 0 Å². The summed E-state index contributed by atoms with van der Waals surface area (Å²) in [6.45, 7) is 0.472. The van der Waals surface area contributed by atoms with E-state index in [1.807, 2.05) is 0 Å². The summed E-state index contributed by atoms with van der Waals surface area (Å²) in [7, 11) is 0. The molecule has 0 spiro atoms. The van der Waals surface area contributed by atoms with Crippen molar-refractivity contribution in [1.82, 2.24) is 4.90 Å². The van der Waals surface area contributed by atoms with Crippen LogP contribution < -0.4 is 4.74 Å². The van der Waals surface area contributed by atoms with E-state index in [1.165, 1.54) is 23.1 Å². The third-order valence-electron chi connectivity index (χ3n) is 3.67. The molecule has 2 unspecified atom stereocenters. The largest absolute Gasteiger partial charge is 0.480 e. The first-order chi connectivity index (χ1) is 10.1. The molecule has 0 bridgehead atoms. The summed E-state index contributed by atoms with van der Waals surface area (Å²) in [4.78, 5) is 24.9. The van der Waals surface area contributed by atoms with Gasteiger partial charge in [-0.15, -0.1) is 0 Å². The summed E-state index contributed by atoms with van der Waals surface area (Å²) in [5.41, 5.74) is 0.619. The number of rotatable bonds is 2. The number of carbonyl (C=O) groups is 2. The lowest BCUT2D eigenvalue weighted by atomic mass is 10.1. The minimum Gasteiger partial charge on any atom is -0.480 e. The highest BCUT2D eigenvalue weighted by Gasteiger charge is 2.39. The van der Waals surface area contributed by atoms with Crippen LogP contribution in [0.15, 0.2) is 18.2 Å². The van der Waals surface area contributed by atoms with E-state index in [2.05, 4.69) is 0 Å². The van der Waals surface area contributed by atoms with Crippen molar-refractivity contribution in [1.29, 1.82) is 0 Å². The Morgan fingerprint density at radius 2 is 2.19 bits per heavy atom. The van der Waals surface area contributed by atoms with Gasteiger partial charge in [-0.05, 0) is 18.2 Å². The first kappa shape index (κ1) is 13.8. The van der Waals surface area contributed by atoms with E-state index in [1.54, 1.807) is 0 Å². The Balaban J connectivity index is 1.76. The van der Waals surface area contributed by atoms with Crippen molar-refractivity contribution in [3.05, 3.63) is 29.6 Å². The number of morpholine rings is 1. The zero-order valence-corrected chi connectivity index (χ0v) is 11.1. The predicted molar refractivity (Wildman–Crippen MR) is 68.5 cm³/mol. The highest BCUT2D eigenvalue weighted by molar-refractivity contribution is 5.87. The van der Waals surface area contributed by atoms with Crippen LogP contribution >= 0.6 is 0 Å². The number of carbonyl (C=O) groups excluding carboxylic acids is 1. The maximum Gasteiger partial charge on any atom is 0.328 e. The lowest BCUT2D eigenvalue weighted by Gasteiger charge is -2.34. The fourth-order valence-corrected chi connectivity index (χ4v) is 2.61. The van der Waals surface area contributed by atoms with E-state index in [9.17, 15) is 14.0 Å². The van der Waals surface area contributed by atoms with Gasteiger partial charge in [-0.3, -0.25) is 4.79 Å². The fourth-order valence-electron chi connectivity index (χ4n) is 2.61. The van der Waals surface area contributed by atoms with Crippen LogP contribution in [0, 0.1) is 5.82 Å². The average Bonchev–Trinajstić information content (AvgIpc) is 2.89. The molecule has 0 aliphatic carbocycles. The second-order valence-electron chi connectivity index (χ2n) is 5.02. The smallest absolute Gasteiger partial charge is 0.328 e. The Morgan fingerprint density at radius 1 is 1.38 bits per heavy atom. The number of carboxylic acid groups (broad SMARTS) is 1. The zero-order valence-electron chi connectivity index (χ0n) is 11.1. The molecule has 3 rings (SSSR count). The van der Waals surface area contributed by atoms with E-state index < -0.39 is 24.0 Å². The van der Waals surface area contributed by atoms with E-state index in [4.69, 9.17) is 14.6 Å². The Labute approximate surface area is 120 Å². The van der Waals surface area contributed by atoms with Gasteiger partial charge in [0.15, 0.2) is 12.1 Å². The van der Waals surface area contributed by atoms with Gasteiger partial charge in [0, 0.05) is 18.5 Å². The molecule has 1 aromatic rings. The van der Waals surface area contributed by atoms with Crippen molar-refractivity contribution in [2.45, 2.75) is 18.6 Å². The van der Waals surface area contributed by atoms with Crippen LogP contribution in [0.1, 0.15) is 5.56 Å². The van der Waals surface area contributed by atoms with Crippen LogP contribution in [0.25, 0.3) is 0 Å². The Bertz CT molecular complexity index is 591. The summed E-state index contributed by atoms with van der Waals surface area (Å²) in [5.74, 6) is -1.43. The van der Waals surface area contributed by atoms with Crippen molar-refractivity contribution in [3.8, 4) is 5.75 Å². The molecule has 0 aromatic heterocycles. The normalized spacial score (nSPS) is 24.3. The number of hydrogen-bond donors (Lipinski definition) is 1. The molecule has 0 saturated carbocycles. The molecule has 1 amide bonds. The van der Waals surface area contributed by atoms with Crippen molar-refractivity contribution in [2.24, 2.45) is 0 Å². The standard InChI is InChI=1S/C14H14FNO5/c15-9-1-2-11-8(5-9)6-12(21-11)13(17)16-3-4-20-7-10(16)14(18)19/h1-2,5,10,12H,3-4,6-7H2,(H,18,19). The minimum atomic E-state index is -1.11. The van der Waals surface area contributed by atoms with Gasteiger partial charge in [0.1, 0.15) is 11.6 Å². The van der Waals surface area contributed by atoms with Gasteiger partial charge in [0.25, 0.3) is 5.91 Å². The average molecular weight is 295 g/mol. The number of halogens is 1. The van der Waals surface area contributed by atoms with Gasteiger partial charge in [0.2, 0.25) is 0 Å². The lowest BCUT2D eigenvalue weighted by Crippen LogP contribution is -2.56. The molecule has 1 saturated heterocycles. The number of fused-ring (bicyclic) bond motifs is 1. The fraction of sp³-hybridized carbons (Fsp3) is 0.429. The number of carboxylic acids is 1. The van der Waals surface area contributed by atoms with Crippen molar-refractivity contribution < 1.29 is 28.6 Å². The molecule has 1 N–H and O–H groups in total. The molecular formula is C14H14FNO5. The second-order valence-corrected chi connectivity index (χ2v) is 5.02. The summed E-state index contributed by atoms with van der Waals surface area (Å²) < 4.78 is 23.8. The molecule has 2 aliphatic heterocycles. The third kappa shape index (κ3) is 2.56. The molecule has 2 aliphatic rings. The maximum atomic E-state index is 13.2. The van der Waals surface area contributed by atoms with Crippen molar-refractivity contribution in [3.63, 3.8) is 0 Å². The van der Waals surface area contributed by atoms with Gasteiger partial charge in [-0.2, -0.15) is 0 Å². The molecule has 1 fully saturated rings. The minimum absolute atomic E-state index is 0.0324. The van der Waals surface area contributed by atoms with Crippen LogP contribution in [0.5, 0.6) is 5.75 Å². The number of benzene rings is 1. The first-order valence-electron chi connectivity index (χ1n) is 6.62.